The fraction of sp³-hybridized carbons (Fsp3) is 0.188. The zero-order valence-corrected chi connectivity index (χ0v) is 13.9. The molecule has 0 saturated heterocycles. The highest BCUT2D eigenvalue weighted by atomic mass is 32.1. The van der Waals surface area contributed by atoms with Gasteiger partial charge < -0.3 is 5.32 Å². The average Bonchev–Trinajstić information content (AvgIpc) is 3.01. The van der Waals surface area contributed by atoms with E-state index in [0.717, 1.165) is 21.4 Å². The van der Waals surface area contributed by atoms with Crippen LogP contribution in [-0.2, 0) is 11.3 Å². The van der Waals surface area contributed by atoms with Gasteiger partial charge >= 0.3 is 0 Å². The van der Waals surface area contributed by atoms with Crippen molar-refractivity contribution in [2.45, 2.75) is 20.4 Å². The van der Waals surface area contributed by atoms with E-state index in [-0.39, 0.29) is 17.9 Å². The number of carbonyl (C=O) groups excluding carboxylic acids is 2. The number of benzene rings is 1. The van der Waals surface area contributed by atoms with Gasteiger partial charge in [0.25, 0.3) is 5.56 Å². The first-order valence-electron chi connectivity index (χ1n) is 7.18. The molecule has 0 spiro atoms. The number of anilines is 1. The van der Waals surface area contributed by atoms with Gasteiger partial charge in [0.05, 0.1) is 11.1 Å². The number of nitrogens with one attached hydrogen (secondary N) is 1. The van der Waals surface area contributed by atoms with Crippen molar-refractivity contribution in [1.29, 1.82) is 0 Å². The Hall–Kier alpha value is -2.87. The van der Waals surface area contributed by atoms with Gasteiger partial charge in [0.1, 0.15) is 12.2 Å². The van der Waals surface area contributed by atoms with Crippen LogP contribution >= 0.6 is 11.3 Å². The number of Topliss-reactive ketones (excluding diaryl/α,β-unsaturated/α-hetero) is 1. The van der Waals surface area contributed by atoms with Gasteiger partial charge in [0, 0.05) is 17.7 Å². The maximum atomic E-state index is 12.4. The van der Waals surface area contributed by atoms with Crippen molar-refractivity contribution < 1.29 is 9.59 Å². The van der Waals surface area contributed by atoms with Crippen molar-refractivity contribution in [2.75, 3.05) is 5.32 Å². The number of aromatic nitrogens is 3. The van der Waals surface area contributed by atoms with Gasteiger partial charge in [-0.15, -0.1) is 11.3 Å². The summed E-state index contributed by atoms with van der Waals surface area (Å²) in [4.78, 5) is 39.8. The van der Waals surface area contributed by atoms with Crippen LogP contribution in [0.1, 0.15) is 23.1 Å². The highest BCUT2D eigenvalue weighted by Gasteiger charge is 2.13. The summed E-state index contributed by atoms with van der Waals surface area (Å²) < 4.78 is 1.13. The second-order valence-electron chi connectivity index (χ2n) is 5.24. The molecule has 0 aliphatic carbocycles. The molecule has 0 aliphatic heterocycles. The first-order valence-corrected chi connectivity index (χ1v) is 8.06. The minimum atomic E-state index is -0.427. The third-order valence-corrected chi connectivity index (χ3v) is 4.21. The molecule has 0 atom stereocenters. The van der Waals surface area contributed by atoms with Crippen molar-refractivity contribution in [1.82, 2.24) is 14.8 Å². The Morgan fingerprint density at radius 1 is 1.25 bits per heavy atom. The van der Waals surface area contributed by atoms with Gasteiger partial charge in [-0.25, -0.2) is 9.67 Å². The zero-order chi connectivity index (χ0) is 17.3. The first-order chi connectivity index (χ1) is 11.5. The quantitative estimate of drug-likeness (QED) is 0.732. The van der Waals surface area contributed by atoms with Crippen LogP contribution in [0.2, 0.25) is 0 Å². The summed E-state index contributed by atoms with van der Waals surface area (Å²) in [7, 11) is 0. The molecule has 1 amide bonds. The fourth-order valence-corrected chi connectivity index (χ4v) is 3.07. The molecule has 3 rings (SSSR count). The van der Waals surface area contributed by atoms with Gasteiger partial charge in [-0.05, 0) is 13.0 Å². The Kier molecular flexibility index (Phi) is 4.22. The summed E-state index contributed by atoms with van der Waals surface area (Å²) in [6.07, 6.45) is 0. The smallest absolute Gasteiger partial charge is 0.275 e. The molecule has 1 N–H and O–H groups in total. The van der Waals surface area contributed by atoms with Crippen molar-refractivity contribution in [3.63, 3.8) is 0 Å². The zero-order valence-electron chi connectivity index (χ0n) is 13.1. The largest absolute Gasteiger partial charge is 0.300 e. The molecule has 0 fully saturated rings. The second kappa shape index (κ2) is 6.32. The van der Waals surface area contributed by atoms with E-state index < -0.39 is 5.91 Å². The predicted octanol–water partition coefficient (Wildman–Crippen LogP) is 2.00. The Bertz CT molecular complexity index is 1010. The van der Waals surface area contributed by atoms with E-state index in [1.165, 1.54) is 6.92 Å². The average molecular weight is 342 g/mol. The Balaban J connectivity index is 1.84. The highest BCUT2D eigenvalue weighted by molar-refractivity contribution is 7.14. The summed E-state index contributed by atoms with van der Waals surface area (Å²) in [6, 6.07) is 7.14. The number of amides is 1. The van der Waals surface area contributed by atoms with E-state index in [0.29, 0.717) is 21.9 Å². The number of hydrogen-bond acceptors (Lipinski definition) is 6. The van der Waals surface area contributed by atoms with Crippen molar-refractivity contribution in [3.05, 3.63) is 51.4 Å². The number of hydrogen-bond donors (Lipinski definition) is 1. The lowest BCUT2D eigenvalue weighted by Gasteiger charge is -2.08. The number of fused-ring (bicyclic) bond motifs is 1. The minimum absolute atomic E-state index is 0.171. The Morgan fingerprint density at radius 2 is 1.96 bits per heavy atom. The van der Waals surface area contributed by atoms with Gasteiger partial charge in [-0.3, -0.25) is 14.4 Å². The van der Waals surface area contributed by atoms with Crippen molar-refractivity contribution >= 4 is 38.9 Å². The molecule has 7 nitrogen and oxygen atoms in total. The van der Waals surface area contributed by atoms with Gasteiger partial charge in [-0.2, -0.15) is 5.10 Å². The number of thiazole rings is 1. The van der Waals surface area contributed by atoms with E-state index in [4.69, 9.17) is 0 Å². The van der Waals surface area contributed by atoms with Crippen molar-refractivity contribution in [3.8, 4) is 0 Å². The maximum absolute atomic E-state index is 12.4. The molecule has 0 bridgehead atoms. The van der Waals surface area contributed by atoms with Crippen LogP contribution in [0.25, 0.3) is 10.8 Å². The fourth-order valence-electron chi connectivity index (χ4n) is 2.30. The molecule has 0 saturated carbocycles. The van der Waals surface area contributed by atoms with Gasteiger partial charge in [0.15, 0.2) is 10.9 Å². The van der Waals surface area contributed by atoms with Crippen LogP contribution in [-0.4, -0.2) is 26.5 Å². The number of aryl methyl sites for hydroxylation is 1. The number of ketones is 1. The molecule has 122 valence electrons. The highest BCUT2D eigenvalue weighted by Crippen LogP contribution is 2.16. The summed E-state index contributed by atoms with van der Waals surface area (Å²) in [5.74, 6) is -0.599. The predicted molar refractivity (Wildman–Crippen MR) is 91.5 cm³/mol. The van der Waals surface area contributed by atoms with E-state index >= 15 is 0 Å². The Labute approximate surface area is 141 Å². The molecular weight excluding hydrogens is 328 g/mol. The number of rotatable bonds is 4. The summed E-state index contributed by atoms with van der Waals surface area (Å²) >= 11 is 1.15. The molecule has 24 heavy (non-hydrogen) atoms. The SMILES string of the molecule is CC(=O)c1csc(NC(=O)Cn2nc(C)c3ccccc3c2=O)n1. The monoisotopic (exact) mass is 342 g/mol. The van der Waals surface area contributed by atoms with Gasteiger partial charge in [0.2, 0.25) is 5.91 Å². The summed E-state index contributed by atoms with van der Waals surface area (Å²) in [6.45, 7) is 2.97. The summed E-state index contributed by atoms with van der Waals surface area (Å²) in [5.41, 5.74) is 0.646. The van der Waals surface area contributed by atoms with Crippen LogP contribution in [0.4, 0.5) is 5.13 Å². The van der Waals surface area contributed by atoms with E-state index in [1.54, 1.807) is 24.4 Å². The lowest BCUT2D eigenvalue weighted by molar-refractivity contribution is -0.117. The summed E-state index contributed by atoms with van der Waals surface area (Å²) in [5, 5.41) is 9.94. The van der Waals surface area contributed by atoms with Crippen LogP contribution in [0.3, 0.4) is 0 Å². The molecule has 2 aromatic heterocycles. The van der Waals surface area contributed by atoms with Gasteiger partial charge in [-0.1, -0.05) is 18.2 Å². The second-order valence-corrected chi connectivity index (χ2v) is 6.09. The standard InChI is InChI=1S/C16H14N4O3S/c1-9-11-5-3-4-6-12(11)15(23)20(19-9)7-14(22)18-16-17-13(8-24-16)10(2)21/h3-6,8H,7H2,1-2H3,(H,17,18,22). The first kappa shape index (κ1) is 16.0. The van der Waals surface area contributed by atoms with Crippen molar-refractivity contribution in [2.24, 2.45) is 0 Å². The Morgan fingerprint density at radius 3 is 2.62 bits per heavy atom. The molecule has 3 aromatic rings. The van der Waals surface area contributed by atoms with E-state index in [9.17, 15) is 14.4 Å². The van der Waals surface area contributed by atoms with Crippen LogP contribution in [0.15, 0.2) is 34.4 Å². The van der Waals surface area contributed by atoms with Crippen LogP contribution in [0, 0.1) is 6.92 Å². The molecule has 0 radical (unpaired) electrons. The molecule has 2 heterocycles. The maximum Gasteiger partial charge on any atom is 0.275 e. The third-order valence-electron chi connectivity index (χ3n) is 3.46. The van der Waals surface area contributed by atoms with E-state index in [2.05, 4.69) is 15.4 Å². The normalized spacial score (nSPS) is 10.8. The molecule has 0 aliphatic rings. The lowest BCUT2D eigenvalue weighted by atomic mass is 10.1. The topological polar surface area (TPSA) is 94.0 Å². The van der Waals surface area contributed by atoms with E-state index in [1.807, 2.05) is 12.1 Å². The third kappa shape index (κ3) is 3.09. The number of carbonyl (C=O) groups is 2. The minimum Gasteiger partial charge on any atom is -0.300 e. The number of nitrogens with zero attached hydrogens (tertiary/aromatic N) is 3. The molecule has 8 heteroatoms. The lowest BCUT2D eigenvalue weighted by Crippen LogP contribution is -2.30. The van der Waals surface area contributed by atoms with Crippen LogP contribution in [0.5, 0.6) is 0 Å². The molecular formula is C16H14N4O3S. The molecule has 1 aromatic carbocycles. The van der Waals surface area contributed by atoms with Crippen LogP contribution < -0.4 is 10.9 Å². The molecule has 0 unspecified atom stereocenters.